The lowest BCUT2D eigenvalue weighted by Gasteiger charge is -2.12. The highest BCUT2D eigenvalue weighted by atomic mass is 35.5. The summed E-state index contributed by atoms with van der Waals surface area (Å²) in [4.78, 5) is 11.5. The average Bonchev–Trinajstić information content (AvgIpc) is 2.36. The SMILES string of the molecule is CNCCC(=O)NCc1cc(C)ccc1OC(F)F.Cl. The van der Waals surface area contributed by atoms with Gasteiger partial charge in [-0.15, -0.1) is 12.4 Å². The van der Waals surface area contributed by atoms with Crippen molar-refractivity contribution < 1.29 is 18.3 Å². The molecule has 2 N–H and O–H groups in total. The number of carbonyl (C=O) groups is 1. The lowest BCUT2D eigenvalue weighted by atomic mass is 10.1. The summed E-state index contributed by atoms with van der Waals surface area (Å²) in [7, 11) is 1.75. The zero-order valence-electron chi connectivity index (χ0n) is 11.4. The fourth-order valence-electron chi connectivity index (χ4n) is 1.58. The molecule has 0 aliphatic carbocycles. The molecule has 0 fully saturated rings. The Bertz CT molecular complexity index is 431. The Morgan fingerprint density at radius 2 is 2.10 bits per heavy atom. The predicted molar refractivity (Wildman–Crippen MR) is 75.4 cm³/mol. The van der Waals surface area contributed by atoms with Gasteiger partial charge in [-0.2, -0.15) is 8.78 Å². The van der Waals surface area contributed by atoms with Crippen LogP contribution < -0.4 is 15.4 Å². The van der Waals surface area contributed by atoms with Crippen LogP contribution in [0.15, 0.2) is 18.2 Å². The van der Waals surface area contributed by atoms with Gasteiger partial charge in [0.05, 0.1) is 0 Å². The van der Waals surface area contributed by atoms with Crippen molar-refractivity contribution in [2.24, 2.45) is 0 Å². The Balaban J connectivity index is 0.00000361. The van der Waals surface area contributed by atoms with E-state index in [0.29, 0.717) is 18.5 Å². The van der Waals surface area contributed by atoms with Crippen LogP contribution >= 0.6 is 12.4 Å². The van der Waals surface area contributed by atoms with E-state index in [4.69, 9.17) is 0 Å². The van der Waals surface area contributed by atoms with E-state index in [1.54, 1.807) is 19.2 Å². The second-order valence-corrected chi connectivity index (χ2v) is 4.12. The Morgan fingerprint density at radius 1 is 1.40 bits per heavy atom. The molecular formula is C13H19ClF2N2O2. The minimum Gasteiger partial charge on any atom is -0.434 e. The third-order valence-electron chi connectivity index (χ3n) is 2.51. The molecule has 0 aliphatic heterocycles. The maximum Gasteiger partial charge on any atom is 0.387 e. The fraction of sp³-hybridized carbons (Fsp3) is 0.462. The first-order valence-corrected chi connectivity index (χ1v) is 5.98. The smallest absolute Gasteiger partial charge is 0.387 e. The molecule has 0 aromatic heterocycles. The van der Waals surface area contributed by atoms with E-state index in [1.165, 1.54) is 6.07 Å². The van der Waals surface area contributed by atoms with Crippen LogP contribution in [-0.4, -0.2) is 26.1 Å². The van der Waals surface area contributed by atoms with Gasteiger partial charge in [-0.05, 0) is 20.0 Å². The number of rotatable bonds is 7. The van der Waals surface area contributed by atoms with Gasteiger partial charge in [-0.3, -0.25) is 4.79 Å². The van der Waals surface area contributed by atoms with Crippen LogP contribution in [0.5, 0.6) is 5.75 Å². The van der Waals surface area contributed by atoms with Crippen LogP contribution in [0.4, 0.5) is 8.78 Å². The summed E-state index contributed by atoms with van der Waals surface area (Å²) >= 11 is 0. The maximum absolute atomic E-state index is 12.2. The van der Waals surface area contributed by atoms with Gasteiger partial charge in [-0.25, -0.2) is 0 Å². The first kappa shape index (κ1) is 18.6. The Kier molecular flexibility index (Phi) is 8.83. The van der Waals surface area contributed by atoms with Crippen LogP contribution in [-0.2, 0) is 11.3 Å². The maximum atomic E-state index is 12.2. The topological polar surface area (TPSA) is 50.4 Å². The van der Waals surface area contributed by atoms with Gasteiger partial charge < -0.3 is 15.4 Å². The average molecular weight is 309 g/mol. The molecule has 1 amide bonds. The minimum atomic E-state index is -2.87. The molecule has 1 aromatic carbocycles. The molecule has 7 heteroatoms. The van der Waals surface area contributed by atoms with Crippen LogP contribution in [0.3, 0.4) is 0 Å². The Labute approximate surface area is 123 Å². The van der Waals surface area contributed by atoms with Crippen LogP contribution in [0.2, 0.25) is 0 Å². The minimum absolute atomic E-state index is 0. The van der Waals surface area contributed by atoms with Gasteiger partial charge in [0.15, 0.2) is 0 Å². The molecule has 1 aromatic rings. The standard InChI is InChI=1S/C13H18F2N2O2.ClH/c1-9-3-4-11(19-13(14)15)10(7-9)8-17-12(18)5-6-16-2;/h3-4,7,13,16H,5-6,8H2,1-2H3,(H,17,18);1H. The van der Waals surface area contributed by atoms with Crippen molar-refractivity contribution in [1.29, 1.82) is 0 Å². The van der Waals surface area contributed by atoms with Gasteiger partial charge in [0.1, 0.15) is 5.75 Å². The molecule has 0 spiro atoms. The molecule has 20 heavy (non-hydrogen) atoms. The Morgan fingerprint density at radius 3 is 2.70 bits per heavy atom. The summed E-state index contributed by atoms with van der Waals surface area (Å²) in [6.45, 7) is -0.286. The number of hydrogen-bond acceptors (Lipinski definition) is 3. The van der Waals surface area contributed by atoms with E-state index >= 15 is 0 Å². The number of aryl methyl sites for hydroxylation is 1. The molecule has 0 bridgehead atoms. The van der Waals surface area contributed by atoms with E-state index in [0.717, 1.165) is 5.56 Å². The summed E-state index contributed by atoms with van der Waals surface area (Å²) in [5.41, 5.74) is 1.46. The number of benzene rings is 1. The molecule has 0 aliphatic rings. The third kappa shape index (κ3) is 6.68. The van der Waals surface area contributed by atoms with Gasteiger partial charge >= 0.3 is 6.61 Å². The fourth-order valence-corrected chi connectivity index (χ4v) is 1.58. The van der Waals surface area contributed by atoms with E-state index < -0.39 is 6.61 Å². The van der Waals surface area contributed by atoms with Crippen molar-refractivity contribution in [3.63, 3.8) is 0 Å². The summed E-state index contributed by atoms with van der Waals surface area (Å²) < 4.78 is 28.9. The number of ether oxygens (including phenoxy) is 1. The second kappa shape index (κ2) is 9.50. The highest BCUT2D eigenvalue weighted by Gasteiger charge is 2.10. The number of hydrogen-bond donors (Lipinski definition) is 2. The molecule has 0 unspecified atom stereocenters. The molecule has 0 saturated carbocycles. The lowest BCUT2D eigenvalue weighted by Crippen LogP contribution is -2.26. The number of nitrogens with one attached hydrogen (secondary N) is 2. The molecule has 0 atom stereocenters. The van der Waals surface area contributed by atoms with E-state index in [-0.39, 0.29) is 30.6 Å². The lowest BCUT2D eigenvalue weighted by molar-refractivity contribution is -0.121. The van der Waals surface area contributed by atoms with Crippen molar-refractivity contribution in [3.8, 4) is 5.75 Å². The zero-order chi connectivity index (χ0) is 14.3. The third-order valence-corrected chi connectivity index (χ3v) is 2.51. The molecule has 114 valence electrons. The quantitative estimate of drug-likeness (QED) is 0.812. The van der Waals surface area contributed by atoms with Crippen molar-refractivity contribution in [2.75, 3.05) is 13.6 Å². The first-order chi connectivity index (χ1) is 9.02. The highest BCUT2D eigenvalue weighted by molar-refractivity contribution is 5.85. The second-order valence-electron chi connectivity index (χ2n) is 4.12. The monoisotopic (exact) mass is 308 g/mol. The highest BCUT2D eigenvalue weighted by Crippen LogP contribution is 2.21. The first-order valence-electron chi connectivity index (χ1n) is 5.98. The van der Waals surface area contributed by atoms with Crippen LogP contribution in [0, 0.1) is 6.92 Å². The summed E-state index contributed by atoms with van der Waals surface area (Å²) in [6, 6.07) is 4.89. The molecule has 0 radical (unpaired) electrons. The van der Waals surface area contributed by atoms with E-state index in [9.17, 15) is 13.6 Å². The van der Waals surface area contributed by atoms with Crippen molar-refractivity contribution in [1.82, 2.24) is 10.6 Å². The zero-order valence-corrected chi connectivity index (χ0v) is 12.2. The number of alkyl halides is 2. The van der Waals surface area contributed by atoms with Crippen molar-refractivity contribution >= 4 is 18.3 Å². The molecular weight excluding hydrogens is 290 g/mol. The number of halogens is 3. The van der Waals surface area contributed by atoms with Crippen LogP contribution in [0.1, 0.15) is 17.5 Å². The van der Waals surface area contributed by atoms with Crippen LogP contribution in [0.25, 0.3) is 0 Å². The van der Waals surface area contributed by atoms with Gasteiger partial charge in [-0.1, -0.05) is 17.7 Å². The van der Waals surface area contributed by atoms with E-state index in [1.807, 2.05) is 6.92 Å². The molecule has 4 nitrogen and oxygen atoms in total. The summed E-state index contributed by atoms with van der Waals surface area (Å²) in [5.74, 6) is -0.0478. The molecule has 0 heterocycles. The molecule has 1 rings (SSSR count). The van der Waals surface area contributed by atoms with Crippen molar-refractivity contribution in [2.45, 2.75) is 26.5 Å². The largest absolute Gasteiger partial charge is 0.434 e. The van der Waals surface area contributed by atoms with Crippen molar-refractivity contribution in [3.05, 3.63) is 29.3 Å². The Hall–Kier alpha value is -1.40. The number of carbonyl (C=O) groups excluding carboxylic acids is 1. The molecule has 0 saturated heterocycles. The van der Waals surface area contributed by atoms with Gasteiger partial charge in [0, 0.05) is 25.1 Å². The van der Waals surface area contributed by atoms with Gasteiger partial charge in [0.25, 0.3) is 0 Å². The number of amides is 1. The van der Waals surface area contributed by atoms with Gasteiger partial charge in [0.2, 0.25) is 5.91 Å². The normalized spacial score (nSPS) is 10.1. The summed E-state index contributed by atoms with van der Waals surface area (Å²) in [6.07, 6.45) is 0.341. The summed E-state index contributed by atoms with van der Waals surface area (Å²) in [5, 5.41) is 5.53. The van der Waals surface area contributed by atoms with E-state index in [2.05, 4.69) is 15.4 Å². The predicted octanol–water partition coefficient (Wildman–Crippen LogP) is 2.24.